The highest BCUT2D eigenvalue weighted by molar-refractivity contribution is 6.33. The van der Waals surface area contributed by atoms with Gasteiger partial charge in [-0.1, -0.05) is 23.7 Å². The summed E-state index contributed by atoms with van der Waals surface area (Å²) in [6.07, 6.45) is 1.12. The van der Waals surface area contributed by atoms with Crippen LogP contribution in [0.25, 0.3) is 11.1 Å². The van der Waals surface area contributed by atoms with Crippen LogP contribution in [0.3, 0.4) is 0 Å². The van der Waals surface area contributed by atoms with Crippen LogP contribution in [0, 0.1) is 5.82 Å². The Morgan fingerprint density at radius 2 is 2.10 bits per heavy atom. The zero-order chi connectivity index (χ0) is 14.4. The van der Waals surface area contributed by atoms with Crippen LogP contribution >= 0.6 is 11.6 Å². The summed E-state index contributed by atoms with van der Waals surface area (Å²) in [5, 5.41) is 7.47. The third kappa shape index (κ3) is 2.12. The summed E-state index contributed by atoms with van der Waals surface area (Å²) in [6.45, 7) is 2.02. The molecule has 0 radical (unpaired) electrons. The van der Waals surface area contributed by atoms with Gasteiger partial charge in [-0.15, -0.1) is 0 Å². The zero-order valence-corrected chi connectivity index (χ0v) is 12.3. The third-order valence-corrected chi connectivity index (χ3v) is 4.84. The Hall–Kier alpha value is -1.58. The number of fused-ring (bicyclic) bond motifs is 3. The Labute approximate surface area is 128 Å². The van der Waals surface area contributed by atoms with Crippen molar-refractivity contribution in [2.24, 2.45) is 0 Å². The second-order valence-corrected chi connectivity index (χ2v) is 6.16. The SMILES string of the molecule is Fc1cccc(Cl)c1-c1ccc2c(c1)C1CNCCC1N2. The molecule has 0 bridgehead atoms. The van der Waals surface area contributed by atoms with E-state index in [-0.39, 0.29) is 5.82 Å². The number of anilines is 1. The maximum Gasteiger partial charge on any atom is 0.132 e. The topological polar surface area (TPSA) is 24.1 Å². The lowest BCUT2D eigenvalue weighted by atomic mass is 9.89. The van der Waals surface area contributed by atoms with E-state index in [4.69, 9.17) is 11.6 Å². The van der Waals surface area contributed by atoms with Gasteiger partial charge in [-0.05, 0) is 48.4 Å². The molecule has 1 fully saturated rings. The van der Waals surface area contributed by atoms with Crippen molar-refractivity contribution in [1.82, 2.24) is 5.32 Å². The molecule has 2 unspecified atom stereocenters. The smallest absolute Gasteiger partial charge is 0.132 e. The lowest BCUT2D eigenvalue weighted by Crippen LogP contribution is -2.38. The normalized spacial score (nSPS) is 23.3. The van der Waals surface area contributed by atoms with E-state index in [1.165, 1.54) is 17.3 Å². The van der Waals surface area contributed by atoms with Gasteiger partial charge < -0.3 is 10.6 Å². The predicted octanol–water partition coefficient (Wildman–Crippen LogP) is 4.02. The minimum absolute atomic E-state index is 0.272. The van der Waals surface area contributed by atoms with Crippen LogP contribution in [-0.2, 0) is 0 Å². The van der Waals surface area contributed by atoms with Gasteiger partial charge in [0.1, 0.15) is 5.82 Å². The maximum atomic E-state index is 14.1. The summed E-state index contributed by atoms with van der Waals surface area (Å²) in [4.78, 5) is 0. The third-order valence-electron chi connectivity index (χ3n) is 4.53. The molecule has 0 amide bonds. The number of hydrogen-bond acceptors (Lipinski definition) is 2. The van der Waals surface area contributed by atoms with Crippen LogP contribution in [0.2, 0.25) is 5.02 Å². The first kappa shape index (κ1) is 13.1. The molecule has 108 valence electrons. The van der Waals surface area contributed by atoms with Gasteiger partial charge in [-0.25, -0.2) is 4.39 Å². The monoisotopic (exact) mass is 302 g/mol. The maximum absolute atomic E-state index is 14.1. The van der Waals surface area contributed by atoms with Crippen LogP contribution in [0.5, 0.6) is 0 Å². The number of benzene rings is 2. The molecule has 0 spiro atoms. The molecule has 0 saturated carbocycles. The molecule has 2 aliphatic rings. The summed E-state index contributed by atoms with van der Waals surface area (Å²) in [7, 11) is 0. The Balaban J connectivity index is 1.80. The van der Waals surface area contributed by atoms with Gasteiger partial charge in [0.05, 0.1) is 5.02 Å². The second kappa shape index (κ2) is 5.00. The van der Waals surface area contributed by atoms with Gasteiger partial charge in [-0.2, -0.15) is 0 Å². The van der Waals surface area contributed by atoms with Crippen LogP contribution in [-0.4, -0.2) is 19.1 Å². The molecule has 2 aliphatic heterocycles. The van der Waals surface area contributed by atoms with Gasteiger partial charge in [0, 0.05) is 29.8 Å². The van der Waals surface area contributed by atoms with E-state index >= 15 is 0 Å². The van der Waals surface area contributed by atoms with Crippen LogP contribution < -0.4 is 10.6 Å². The number of rotatable bonds is 1. The predicted molar refractivity (Wildman–Crippen MR) is 84.5 cm³/mol. The van der Waals surface area contributed by atoms with E-state index in [0.29, 0.717) is 22.5 Å². The van der Waals surface area contributed by atoms with E-state index in [9.17, 15) is 4.39 Å². The molecule has 4 rings (SSSR count). The summed E-state index contributed by atoms with van der Waals surface area (Å²) >= 11 is 6.18. The van der Waals surface area contributed by atoms with Crippen LogP contribution in [0.4, 0.5) is 10.1 Å². The Kier molecular flexibility index (Phi) is 3.12. The van der Waals surface area contributed by atoms with E-state index < -0.39 is 0 Å². The van der Waals surface area contributed by atoms with Crippen LogP contribution in [0.1, 0.15) is 17.9 Å². The zero-order valence-electron chi connectivity index (χ0n) is 11.5. The van der Waals surface area contributed by atoms with E-state index in [2.05, 4.69) is 16.7 Å². The van der Waals surface area contributed by atoms with Crippen molar-refractivity contribution in [2.75, 3.05) is 18.4 Å². The second-order valence-electron chi connectivity index (χ2n) is 5.75. The standard InChI is InChI=1S/C17H16ClFN2/c18-13-2-1-3-14(19)17(13)10-4-5-15-11(8-10)12-9-20-7-6-16(12)21-15/h1-5,8,12,16,20-21H,6-7,9H2. The molecule has 2 heterocycles. The first-order chi connectivity index (χ1) is 10.2. The van der Waals surface area contributed by atoms with Crippen molar-refractivity contribution in [1.29, 1.82) is 0 Å². The lowest BCUT2D eigenvalue weighted by Gasteiger charge is -2.26. The number of halogens is 2. The quantitative estimate of drug-likeness (QED) is 0.831. The van der Waals surface area contributed by atoms with E-state index in [1.807, 2.05) is 12.1 Å². The highest BCUT2D eigenvalue weighted by Crippen LogP contribution is 2.41. The molecule has 2 aromatic carbocycles. The van der Waals surface area contributed by atoms with E-state index in [1.54, 1.807) is 12.1 Å². The van der Waals surface area contributed by atoms with Gasteiger partial charge in [0.2, 0.25) is 0 Å². The van der Waals surface area contributed by atoms with Gasteiger partial charge in [0.25, 0.3) is 0 Å². The molecular formula is C17H16ClFN2. The summed E-state index contributed by atoms with van der Waals surface area (Å²) in [5.41, 5.74) is 3.79. The summed E-state index contributed by atoms with van der Waals surface area (Å²) < 4.78 is 14.1. The number of hydrogen-bond donors (Lipinski definition) is 2. The van der Waals surface area contributed by atoms with Crippen molar-refractivity contribution >= 4 is 17.3 Å². The molecule has 2 atom stereocenters. The number of nitrogens with one attached hydrogen (secondary N) is 2. The molecule has 0 aliphatic carbocycles. The minimum atomic E-state index is -0.272. The van der Waals surface area contributed by atoms with Crippen molar-refractivity contribution in [3.8, 4) is 11.1 Å². The molecule has 21 heavy (non-hydrogen) atoms. The van der Waals surface area contributed by atoms with Crippen molar-refractivity contribution in [3.63, 3.8) is 0 Å². The first-order valence-electron chi connectivity index (χ1n) is 7.29. The molecule has 2 nitrogen and oxygen atoms in total. The molecular weight excluding hydrogens is 287 g/mol. The Bertz CT molecular complexity index is 681. The molecule has 4 heteroatoms. The fraction of sp³-hybridized carbons (Fsp3) is 0.294. The minimum Gasteiger partial charge on any atom is -0.381 e. The van der Waals surface area contributed by atoms with E-state index in [0.717, 1.165) is 25.1 Å². The Morgan fingerprint density at radius 1 is 1.19 bits per heavy atom. The fourth-order valence-corrected chi connectivity index (χ4v) is 3.76. The largest absolute Gasteiger partial charge is 0.381 e. The van der Waals surface area contributed by atoms with Gasteiger partial charge >= 0.3 is 0 Å². The molecule has 0 aromatic heterocycles. The average Bonchev–Trinajstić information content (AvgIpc) is 2.85. The van der Waals surface area contributed by atoms with Crippen molar-refractivity contribution < 1.29 is 4.39 Å². The highest BCUT2D eigenvalue weighted by atomic mass is 35.5. The molecule has 1 saturated heterocycles. The van der Waals surface area contributed by atoms with Crippen molar-refractivity contribution in [3.05, 3.63) is 52.8 Å². The Morgan fingerprint density at radius 3 is 2.95 bits per heavy atom. The number of piperidine rings is 1. The highest BCUT2D eigenvalue weighted by Gasteiger charge is 2.34. The van der Waals surface area contributed by atoms with Gasteiger partial charge in [-0.3, -0.25) is 0 Å². The summed E-state index contributed by atoms with van der Waals surface area (Å²) in [6, 6.07) is 11.4. The molecule has 2 aromatic rings. The van der Waals surface area contributed by atoms with Crippen molar-refractivity contribution in [2.45, 2.75) is 18.4 Å². The van der Waals surface area contributed by atoms with Crippen LogP contribution in [0.15, 0.2) is 36.4 Å². The van der Waals surface area contributed by atoms with Gasteiger partial charge in [0.15, 0.2) is 0 Å². The first-order valence-corrected chi connectivity index (χ1v) is 7.67. The molecule has 2 N–H and O–H groups in total. The fourth-order valence-electron chi connectivity index (χ4n) is 3.49. The summed E-state index contributed by atoms with van der Waals surface area (Å²) in [5.74, 6) is 0.186. The average molecular weight is 303 g/mol. The lowest BCUT2D eigenvalue weighted by molar-refractivity contribution is 0.440.